The van der Waals surface area contributed by atoms with Crippen LogP contribution in [0.2, 0.25) is 0 Å². The number of nitrogens with one attached hydrogen (secondary N) is 1. The Labute approximate surface area is 130 Å². The molecule has 0 unspecified atom stereocenters. The Morgan fingerprint density at radius 1 is 1.05 bits per heavy atom. The first kappa shape index (κ1) is 14.4. The van der Waals surface area contributed by atoms with Gasteiger partial charge in [0.25, 0.3) is 5.91 Å². The summed E-state index contributed by atoms with van der Waals surface area (Å²) in [6.45, 7) is 6.88. The number of fused-ring (bicyclic) bond motifs is 1. The van der Waals surface area contributed by atoms with Crippen molar-refractivity contribution in [2.45, 2.75) is 27.3 Å². The number of carbonyl (C=O) groups excluding carboxylic acids is 1. The van der Waals surface area contributed by atoms with Crippen molar-refractivity contribution in [3.63, 3.8) is 0 Å². The molecular weight excluding hydrogens is 272 g/mol. The van der Waals surface area contributed by atoms with Crippen molar-refractivity contribution >= 4 is 22.5 Å². The molecule has 1 aromatic heterocycles. The number of para-hydroxylation sites is 1. The van der Waals surface area contributed by atoms with Gasteiger partial charge in [-0.15, -0.1) is 0 Å². The summed E-state index contributed by atoms with van der Waals surface area (Å²) in [5.74, 6) is -0.0561. The van der Waals surface area contributed by atoms with Crippen LogP contribution in [0.1, 0.15) is 28.5 Å². The number of amides is 1. The highest BCUT2D eigenvalue weighted by Gasteiger charge is 2.19. The van der Waals surface area contributed by atoms with Crippen LogP contribution in [0.5, 0.6) is 0 Å². The van der Waals surface area contributed by atoms with E-state index in [0.717, 1.165) is 34.4 Å². The summed E-state index contributed by atoms with van der Waals surface area (Å²) in [4.78, 5) is 12.7. The monoisotopic (exact) mass is 292 g/mol. The number of aryl methyl sites for hydroxylation is 3. The van der Waals surface area contributed by atoms with Crippen LogP contribution in [0, 0.1) is 13.8 Å². The Balaban J connectivity index is 2.03. The van der Waals surface area contributed by atoms with E-state index in [-0.39, 0.29) is 5.91 Å². The molecule has 3 rings (SSSR count). The summed E-state index contributed by atoms with van der Waals surface area (Å²) in [7, 11) is 0. The number of nitrogens with zero attached hydrogens (tertiary/aromatic N) is 1. The molecule has 0 saturated carbocycles. The molecule has 0 aliphatic rings. The van der Waals surface area contributed by atoms with Gasteiger partial charge in [0.05, 0.1) is 0 Å². The molecule has 3 aromatic rings. The van der Waals surface area contributed by atoms with Crippen molar-refractivity contribution in [3.8, 4) is 0 Å². The summed E-state index contributed by atoms with van der Waals surface area (Å²) in [6.07, 6.45) is 0. The third kappa shape index (κ3) is 2.39. The van der Waals surface area contributed by atoms with E-state index in [1.807, 2.05) is 50.2 Å². The van der Waals surface area contributed by atoms with E-state index in [9.17, 15) is 4.79 Å². The maximum Gasteiger partial charge on any atom is 0.272 e. The summed E-state index contributed by atoms with van der Waals surface area (Å²) < 4.78 is 2.08. The van der Waals surface area contributed by atoms with Crippen molar-refractivity contribution in [2.24, 2.45) is 0 Å². The molecule has 0 radical (unpaired) electrons. The highest BCUT2D eigenvalue weighted by atomic mass is 16.2. The molecule has 1 amide bonds. The highest BCUT2D eigenvalue weighted by Crippen LogP contribution is 2.26. The average molecular weight is 292 g/mol. The van der Waals surface area contributed by atoms with Crippen LogP contribution in [0.3, 0.4) is 0 Å². The van der Waals surface area contributed by atoms with Crippen LogP contribution >= 0.6 is 0 Å². The first-order valence-electron chi connectivity index (χ1n) is 7.57. The van der Waals surface area contributed by atoms with E-state index in [2.05, 4.69) is 28.9 Å². The number of anilines is 1. The topological polar surface area (TPSA) is 34.0 Å². The third-order valence-electron chi connectivity index (χ3n) is 4.06. The summed E-state index contributed by atoms with van der Waals surface area (Å²) in [5, 5.41) is 4.14. The number of hydrogen-bond donors (Lipinski definition) is 1. The molecule has 0 bridgehead atoms. The zero-order chi connectivity index (χ0) is 15.7. The zero-order valence-electron chi connectivity index (χ0n) is 13.2. The highest BCUT2D eigenvalue weighted by molar-refractivity contribution is 6.08. The molecule has 1 N–H and O–H groups in total. The lowest BCUT2D eigenvalue weighted by atomic mass is 10.1. The lowest BCUT2D eigenvalue weighted by Gasteiger charge is -2.10. The second kappa shape index (κ2) is 5.68. The van der Waals surface area contributed by atoms with Crippen molar-refractivity contribution in [1.29, 1.82) is 0 Å². The number of aromatic nitrogens is 1. The number of carbonyl (C=O) groups is 1. The smallest absolute Gasteiger partial charge is 0.272 e. The molecule has 1 heterocycles. The predicted molar refractivity (Wildman–Crippen MR) is 91.5 cm³/mol. The van der Waals surface area contributed by atoms with Crippen molar-refractivity contribution < 1.29 is 4.79 Å². The van der Waals surface area contributed by atoms with Crippen molar-refractivity contribution in [2.75, 3.05) is 5.32 Å². The van der Waals surface area contributed by atoms with Gasteiger partial charge in [-0.2, -0.15) is 0 Å². The van der Waals surface area contributed by atoms with Gasteiger partial charge in [-0.25, -0.2) is 0 Å². The Bertz CT molecular complexity index is 829. The van der Waals surface area contributed by atoms with E-state index in [0.29, 0.717) is 0 Å². The molecule has 2 aromatic carbocycles. The predicted octanol–water partition coefficient (Wildman–Crippen LogP) is 4.53. The minimum absolute atomic E-state index is 0.0561. The Hall–Kier alpha value is -2.55. The minimum atomic E-state index is -0.0561. The van der Waals surface area contributed by atoms with Crippen LogP contribution in [0.25, 0.3) is 10.9 Å². The fourth-order valence-corrected chi connectivity index (χ4v) is 2.93. The maximum absolute atomic E-state index is 12.7. The summed E-state index contributed by atoms with van der Waals surface area (Å²) in [6, 6.07) is 16.0. The van der Waals surface area contributed by atoms with Crippen LogP contribution in [-0.2, 0) is 6.54 Å². The molecule has 0 aliphatic carbocycles. The van der Waals surface area contributed by atoms with Crippen LogP contribution in [0.15, 0.2) is 48.5 Å². The average Bonchev–Trinajstić information content (AvgIpc) is 2.82. The van der Waals surface area contributed by atoms with E-state index < -0.39 is 0 Å². The molecule has 22 heavy (non-hydrogen) atoms. The van der Waals surface area contributed by atoms with Crippen LogP contribution < -0.4 is 5.32 Å². The van der Waals surface area contributed by atoms with Gasteiger partial charge in [0, 0.05) is 23.1 Å². The first-order valence-corrected chi connectivity index (χ1v) is 7.57. The van der Waals surface area contributed by atoms with E-state index in [1.165, 1.54) is 5.56 Å². The molecule has 0 atom stereocenters. The zero-order valence-corrected chi connectivity index (χ0v) is 13.2. The Morgan fingerprint density at radius 2 is 1.73 bits per heavy atom. The minimum Gasteiger partial charge on any atom is -0.337 e. The van der Waals surface area contributed by atoms with E-state index in [1.54, 1.807) is 0 Å². The van der Waals surface area contributed by atoms with Gasteiger partial charge in [0.1, 0.15) is 5.69 Å². The summed E-state index contributed by atoms with van der Waals surface area (Å²) in [5.41, 5.74) is 4.88. The fourth-order valence-electron chi connectivity index (χ4n) is 2.93. The van der Waals surface area contributed by atoms with Gasteiger partial charge < -0.3 is 9.88 Å². The lowest BCUT2D eigenvalue weighted by molar-refractivity contribution is 0.101. The molecular formula is C19H20N2O. The standard InChI is InChI=1S/C19H20N2O/c1-4-21-17-8-6-5-7-16(17)14(3)18(21)19(22)20-15-11-9-13(2)10-12-15/h5-12H,4H2,1-3H3,(H,20,22). The SMILES string of the molecule is CCn1c(C(=O)Nc2ccc(C)cc2)c(C)c2ccccc21. The van der Waals surface area contributed by atoms with E-state index in [4.69, 9.17) is 0 Å². The number of rotatable bonds is 3. The molecule has 112 valence electrons. The lowest BCUT2D eigenvalue weighted by Crippen LogP contribution is -2.17. The largest absolute Gasteiger partial charge is 0.337 e. The van der Waals surface area contributed by atoms with E-state index >= 15 is 0 Å². The van der Waals surface area contributed by atoms with Crippen molar-refractivity contribution in [3.05, 3.63) is 65.4 Å². The number of hydrogen-bond acceptors (Lipinski definition) is 1. The molecule has 0 fully saturated rings. The van der Waals surface area contributed by atoms with Gasteiger partial charge in [-0.1, -0.05) is 35.9 Å². The molecule has 3 heteroatoms. The Morgan fingerprint density at radius 3 is 2.41 bits per heavy atom. The second-order valence-corrected chi connectivity index (χ2v) is 5.56. The van der Waals surface area contributed by atoms with Crippen LogP contribution in [0.4, 0.5) is 5.69 Å². The van der Waals surface area contributed by atoms with Gasteiger partial charge in [0.2, 0.25) is 0 Å². The quantitative estimate of drug-likeness (QED) is 0.756. The third-order valence-corrected chi connectivity index (χ3v) is 4.06. The molecule has 0 spiro atoms. The van der Waals surface area contributed by atoms with Gasteiger partial charge in [-0.05, 0) is 44.5 Å². The summed E-state index contributed by atoms with van der Waals surface area (Å²) >= 11 is 0. The second-order valence-electron chi connectivity index (χ2n) is 5.56. The van der Waals surface area contributed by atoms with Crippen molar-refractivity contribution in [1.82, 2.24) is 4.57 Å². The molecule has 0 saturated heterocycles. The number of benzene rings is 2. The normalized spacial score (nSPS) is 10.9. The van der Waals surface area contributed by atoms with Gasteiger partial charge >= 0.3 is 0 Å². The first-order chi connectivity index (χ1) is 10.6. The van der Waals surface area contributed by atoms with Gasteiger partial charge in [0.15, 0.2) is 0 Å². The molecule has 0 aliphatic heterocycles. The fraction of sp³-hybridized carbons (Fsp3) is 0.211. The maximum atomic E-state index is 12.7. The van der Waals surface area contributed by atoms with Gasteiger partial charge in [-0.3, -0.25) is 4.79 Å². The molecule has 3 nitrogen and oxygen atoms in total. The van der Waals surface area contributed by atoms with Crippen LogP contribution in [-0.4, -0.2) is 10.5 Å². The Kier molecular flexibility index (Phi) is 3.72.